The third-order valence-corrected chi connectivity index (χ3v) is 1.74. The largest absolute Gasteiger partial charge is 0.471 e. The molecule has 0 aliphatic heterocycles. The van der Waals surface area contributed by atoms with Crippen LogP contribution in [-0.2, 0) is 0 Å². The number of nitrogen functional groups attached to an aromatic ring is 1. The molecule has 72 valence electrons. The Balaban J connectivity index is 2.67. The summed E-state index contributed by atoms with van der Waals surface area (Å²) >= 11 is 3.08. The lowest BCUT2D eigenvalue weighted by atomic mass is 10.4. The molecule has 1 heterocycles. The molecular weight excluding hydrogens is 246 g/mol. The lowest BCUT2D eigenvalue weighted by molar-refractivity contribution is 0.0792. The highest BCUT2D eigenvalue weighted by atomic mass is 79.9. The first-order valence-electron chi connectivity index (χ1n) is 3.41. The van der Waals surface area contributed by atoms with Gasteiger partial charge in [0.05, 0.1) is 16.4 Å². The molecule has 0 atom stereocenters. The summed E-state index contributed by atoms with van der Waals surface area (Å²) in [5.41, 5.74) is 5.83. The predicted octanol–water partition coefficient (Wildman–Crippen LogP) is 2.07. The van der Waals surface area contributed by atoms with Crippen LogP contribution in [0, 0.1) is 0 Å². The Morgan fingerprint density at radius 2 is 2.31 bits per heavy atom. The summed E-state index contributed by atoms with van der Waals surface area (Å²) in [6.07, 6.45) is -1.17. The number of pyridine rings is 1. The van der Waals surface area contributed by atoms with Gasteiger partial charge < -0.3 is 10.5 Å². The van der Waals surface area contributed by atoms with Gasteiger partial charge in [-0.15, -0.1) is 0 Å². The van der Waals surface area contributed by atoms with E-state index in [-0.39, 0.29) is 5.88 Å². The van der Waals surface area contributed by atoms with Crippen LogP contribution >= 0.6 is 15.9 Å². The van der Waals surface area contributed by atoms with E-state index >= 15 is 0 Å². The molecule has 0 unspecified atom stereocenters. The van der Waals surface area contributed by atoms with Crippen molar-refractivity contribution in [3.8, 4) is 5.88 Å². The minimum Gasteiger partial charge on any atom is -0.471 e. The summed E-state index contributed by atoms with van der Waals surface area (Å²) in [6.45, 7) is -0.671. The third-order valence-electron chi connectivity index (χ3n) is 1.17. The van der Waals surface area contributed by atoms with Crippen molar-refractivity contribution in [2.45, 2.75) is 6.43 Å². The molecule has 3 nitrogen and oxygen atoms in total. The minimum atomic E-state index is -2.51. The van der Waals surface area contributed by atoms with Crippen molar-refractivity contribution in [3.05, 3.63) is 16.7 Å². The van der Waals surface area contributed by atoms with E-state index in [9.17, 15) is 8.78 Å². The third kappa shape index (κ3) is 3.14. The number of nitrogens with zero attached hydrogens (tertiary/aromatic N) is 1. The molecule has 13 heavy (non-hydrogen) atoms. The SMILES string of the molecule is Nc1cnc(OCC(F)F)c(Br)c1. The number of halogens is 3. The Kier molecular flexibility index (Phi) is 3.41. The van der Waals surface area contributed by atoms with Gasteiger partial charge in [0.15, 0.2) is 6.61 Å². The molecule has 0 saturated carbocycles. The first kappa shape index (κ1) is 10.2. The number of hydrogen-bond acceptors (Lipinski definition) is 3. The van der Waals surface area contributed by atoms with Gasteiger partial charge in [-0.1, -0.05) is 0 Å². The number of aromatic nitrogens is 1. The summed E-state index contributed by atoms with van der Waals surface area (Å²) in [6, 6.07) is 1.54. The van der Waals surface area contributed by atoms with Crippen molar-refractivity contribution in [2.75, 3.05) is 12.3 Å². The van der Waals surface area contributed by atoms with Crippen molar-refractivity contribution in [1.29, 1.82) is 0 Å². The maximum atomic E-state index is 11.7. The Labute approximate surface area is 82.0 Å². The minimum absolute atomic E-state index is 0.120. The lowest BCUT2D eigenvalue weighted by Crippen LogP contribution is -2.08. The van der Waals surface area contributed by atoms with Crippen molar-refractivity contribution in [3.63, 3.8) is 0 Å². The normalized spacial score (nSPS) is 10.5. The smallest absolute Gasteiger partial charge is 0.272 e. The van der Waals surface area contributed by atoms with Crippen LogP contribution in [-0.4, -0.2) is 18.0 Å². The molecule has 1 aromatic rings. The highest BCUT2D eigenvalue weighted by Gasteiger charge is 2.07. The zero-order chi connectivity index (χ0) is 9.84. The number of rotatable bonds is 3. The Morgan fingerprint density at radius 3 is 2.85 bits per heavy atom. The molecule has 6 heteroatoms. The van der Waals surface area contributed by atoms with Gasteiger partial charge in [-0.25, -0.2) is 13.8 Å². The number of nitrogens with two attached hydrogens (primary N) is 1. The second-order valence-corrected chi connectivity index (χ2v) is 3.11. The highest BCUT2D eigenvalue weighted by Crippen LogP contribution is 2.24. The monoisotopic (exact) mass is 252 g/mol. The highest BCUT2D eigenvalue weighted by molar-refractivity contribution is 9.10. The van der Waals surface area contributed by atoms with E-state index in [1.165, 1.54) is 12.3 Å². The van der Waals surface area contributed by atoms with Crippen LogP contribution in [0.5, 0.6) is 5.88 Å². The Morgan fingerprint density at radius 1 is 1.62 bits per heavy atom. The molecule has 1 aromatic heterocycles. The Hall–Kier alpha value is -0.910. The molecule has 0 aliphatic rings. The maximum absolute atomic E-state index is 11.7. The first-order valence-corrected chi connectivity index (χ1v) is 4.21. The first-order chi connectivity index (χ1) is 6.09. The van der Waals surface area contributed by atoms with Gasteiger partial charge in [0.25, 0.3) is 6.43 Å². The summed E-state index contributed by atoms with van der Waals surface area (Å²) in [5.74, 6) is 0.120. The van der Waals surface area contributed by atoms with Crippen molar-refractivity contribution < 1.29 is 13.5 Å². The van der Waals surface area contributed by atoms with E-state index in [2.05, 4.69) is 25.7 Å². The van der Waals surface area contributed by atoms with Gasteiger partial charge in [-0.05, 0) is 22.0 Å². The van der Waals surface area contributed by atoms with E-state index in [1.54, 1.807) is 0 Å². The predicted molar refractivity (Wildman–Crippen MR) is 47.8 cm³/mol. The van der Waals surface area contributed by atoms with Gasteiger partial charge in [-0.2, -0.15) is 0 Å². The van der Waals surface area contributed by atoms with E-state index in [4.69, 9.17) is 5.73 Å². The molecule has 0 aliphatic carbocycles. The van der Waals surface area contributed by atoms with Gasteiger partial charge >= 0.3 is 0 Å². The van der Waals surface area contributed by atoms with Crippen molar-refractivity contribution in [1.82, 2.24) is 4.98 Å². The summed E-state index contributed by atoms with van der Waals surface area (Å²) < 4.78 is 28.6. The fourth-order valence-electron chi connectivity index (χ4n) is 0.688. The van der Waals surface area contributed by atoms with Crippen LogP contribution in [0.4, 0.5) is 14.5 Å². The van der Waals surface area contributed by atoms with Crippen LogP contribution in [0.2, 0.25) is 0 Å². The van der Waals surface area contributed by atoms with Gasteiger partial charge in [-0.3, -0.25) is 0 Å². The van der Waals surface area contributed by atoms with E-state index < -0.39 is 13.0 Å². The standard InChI is InChI=1S/C7H7BrF2N2O/c8-5-1-4(11)2-12-7(5)13-3-6(9)10/h1-2,6H,3,11H2. The summed E-state index contributed by atoms with van der Waals surface area (Å²) in [7, 11) is 0. The zero-order valence-corrected chi connectivity index (χ0v) is 8.09. The summed E-state index contributed by atoms with van der Waals surface area (Å²) in [5, 5.41) is 0. The zero-order valence-electron chi connectivity index (χ0n) is 6.51. The maximum Gasteiger partial charge on any atom is 0.272 e. The van der Waals surface area contributed by atoms with Crippen LogP contribution in [0.3, 0.4) is 0 Å². The molecule has 1 rings (SSSR count). The quantitative estimate of drug-likeness (QED) is 0.896. The number of ether oxygens (including phenoxy) is 1. The van der Waals surface area contributed by atoms with Gasteiger partial charge in [0, 0.05) is 0 Å². The average Bonchev–Trinajstić information content (AvgIpc) is 2.02. The molecule has 0 amide bonds. The molecule has 0 spiro atoms. The van der Waals surface area contributed by atoms with Crippen LogP contribution < -0.4 is 10.5 Å². The molecule has 0 bridgehead atoms. The van der Waals surface area contributed by atoms with Gasteiger partial charge in [0.2, 0.25) is 5.88 Å². The lowest BCUT2D eigenvalue weighted by Gasteiger charge is -2.06. The molecule has 0 saturated heterocycles. The Bertz CT molecular complexity index is 296. The van der Waals surface area contributed by atoms with Crippen LogP contribution in [0.25, 0.3) is 0 Å². The second kappa shape index (κ2) is 4.36. The van der Waals surface area contributed by atoms with Crippen LogP contribution in [0.1, 0.15) is 0 Å². The fourth-order valence-corrected chi connectivity index (χ4v) is 1.17. The molecular formula is C7H7BrF2N2O. The van der Waals surface area contributed by atoms with E-state index in [0.29, 0.717) is 10.2 Å². The molecule has 2 N–H and O–H groups in total. The average molecular weight is 253 g/mol. The second-order valence-electron chi connectivity index (χ2n) is 2.26. The van der Waals surface area contributed by atoms with Crippen molar-refractivity contribution >= 4 is 21.6 Å². The number of anilines is 1. The molecule has 0 fully saturated rings. The van der Waals surface area contributed by atoms with E-state index in [1.807, 2.05) is 0 Å². The number of hydrogen-bond donors (Lipinski definition) is 1. The molecule has 0 radical (unpaired) electrons. The topological polar surface area (TPSA) is 48.1 Å². The molecule has 0 aromatic carbocycles. The van der Waals surface area contributed by atoms with Crippen molar-refractivity contribution in [2.24, 2.45) is 0 Å². The van der Waals surface area contributed by atoms with Gasteiger partial charge in [0.1, 0.15) is 0 Å². The fraction of sp³-hybridized carbons (Fsp3) is 0.286. The van der Waals surface area contributed by atoms with Crippen LogP contribution in [0.15, 0.2) is 16.7 Å². The number of alkyl halides is 2. The van der Waals surface area contributed by atoms with E-state index in [0.717, 1.165) is 0 Å². The summed E-state index contributed by atoms with van der Waals surface area (Å²) in [4.78, 5) is 3.72.